The molecule has 0 aliphatic carbocycles. The van der Waals surface area contributed by atoms with Crippen LogP contribution in [0.4, 0.5) is 5.69 Å². The van der Waals surface area contributed by atoms with Gasteiger partial charge in [-0.1, -0.05) is 18.2 Å². The fourth-order valence-corrected chi connectivity index (χ4v) is 3.84. The Morgan fingerprint density at radius 1 is 0.931 bits per heavy atom. The summed E-state index contributed by atoms with van der Waals surface area (Å²) in [7, 11) is 0. The maximum absolute atomic E-state index is 12.8. The molecule has 1 aliphatic heterocycles. The summed E-state index contributed by atoms with van der Waals surface area (Å²) in [5.74, 6) is 1.01. The molecule has 1 N–H and O–H groups in total. The van der Waals surface area contributed by atoms with Gasteiger partial charge in [0.25, 0.3) is 5.91 Å². The van der Waals surface area contributed by atoms with Crippen molar-refractivity contribution >= 4 is 11.6 Å². The van der Waals surface area contributed by atoms with E-state index >= 15 is 0 Å². The maximum atomic E-state index is 12.8. The molecule has 29 heavy (non-hydrogen) atoms. The van der Waals surface area contributed by atoms with Crippen LogP contribution in [0.25, 0.3) is 16.9 Å². The van der Waals surface area contributed by atoms with Crippen molar-refractivity contribution in [2.75, 3.05) is 5.32 Å². The highest BCUT2D eigenvalue weighted by Crippen LogP contribution is 2.29. The number of anilines is 1. The third-order valence-corrected chi connectivity index (χ3v) is 5.39. The topological polar surface area (TPSA) is 51.9 Å². The number of imidazole rings is 1. The molecule has 0 radical (unpaired) electrons. The zero-order chi connectivity index (χ0) is 19.6. The van der Waals surface area contributed by atoms with Crippen molar-refractivity contribution in [2.24, 2.45) is 0 Å². The van der Waals surface area contributed by atoms with Gasteiger partial charge >= 0.3 is 0 Å². The summed E-state index contributed by atoms with van der Waals surface area (Å²) < 4.78 is 4.24. The summed E-state index contributed by atoms with van der Waals surface area (Å²) in [6.45, 7) is 1.02. The van der Waals surface area contributed by atoms with E-state index in [0.717, 1.165) is 41.4 Å². The van der Waals surface area contributed by atoms with Gasteiger partial charge in [0, 0.05) is 48.4 Å². The first kappa shape index (κ1) is 17.5. The van der Waals surface area contributed by atoms with E-state index in [1.807, 2.05) is 77.6 Å². The number of carbonyl (C=O) groups excluding carboxylic acids is 1. The SMILES string of the molecule is O=C(Nc1ccccc1-c1cn2c(n1)CCCC2)c1ccc(-n2cccc2)cc1. The summed E-state index contributed by atoms with van der Waals surface area (Å²) in [6, 6.07) is 19.4. The number of aromatic nitrogens is 3. The predicted molar refractivity (Wildman–Crippen MR) is 114 cm³/mol. The monoisotopic (exact) mass is 382 g/mol. The Kier molecular flexibility index (Phi) is 4.48. The van der Waals surface area contributed by atoms with E-state index in [1.54, 1.807) is 0 Å². The van der Waals surface area contributed by atoms with Crippen molar-refractivity contribution in [1.29, 1.82) is 0 Å². The van der Waals surface area contributed by atoms with Crippen LogP contribution in [0.1, 0.15) is 29.0 Å². The molecule has 1 amide bonds. The van der Waals surface area contributed by atoms with Gasteiger partial charge in [-0.05, 0) is 55.3 Å². The minimum atomic E-state index is -0.125. The first-order valence-electron chi connectivity index (χ1n) is 9.98. The lowest BCUT2D eigenvalue weighted by Crippen LogP contribution is -2.12. The Morgan fingerprint density at radius 3 is 2.52 bits per heavy atom. The van der Waals surface area contributed by atoms with Crippen LogP contribution in [-0.2, 0) is 13.0 Å². The first-order chi connectivity index (χ1) is 14.3. The lowest BCUT2D eigenvalue weighted by molar-refractivity contribution is 0.102. The van der Waals surface area contributed by atoms with E-state index in [4.69, 9.17) is 4.98 Å². The van der Waals surface area contributed by atoms with E-state index < -0.39 is 0 Å². The Hall–Kier alpha value is -3.60. The van der Waals surface area contributed by atoms with Crippen molar-refractivity contribution in [3.8, 4) is 16.9 Å². The molecule has 0 bridgehead atoms. The molecule has 2 aromatic carbocycles. The number of rotatable bonds is 4. The standard InChI is InChI=1S/C24H22N4O/c29-24(18-10-12-19(13-11-18)27-14-5-6-15-27)26-21-8-2-1-7-20(21)22-17-28-16-4-3-9-23(28)25-22/h1-2,5-8,10-15,17H,3-4,9,16H2,(H,26,29). The van der Waals surface area contributed by atoms with E-state index in [9.17, 15) is 4.79 Å². The van der Waals surface area contributed by atoms with Crippen LogP contribution < -0.4 is 5.32 Å². The third kappa shape index (κ3) is 3.47. The highest BCUT2D eigenvalue weighted by Gasteiger charge is 2.16. The molecular formula is C24H22N4O. The zero-order valence-electron chi connectivity index (χ0n) is 16.1. The summed E-state index contributed by atoms with van der Waals surface area (Å²) in [6.07, 6.45) is 9.47. The normalized spacial score (nSPS) is 13.1. The van der Waals surface area contributed by atoms with Gasteiger partial charge in [-0.2, -0.15) is 0 Å². The zero-order valence-corrected chi connectivity index (χ0v) is 16.1. The van der Waals surface area contributed by atoms with E-state index in [-0.39, 0.29) is 5.91 Å². The number of amides is 1. The van der Waals surface area contributed by atoms with Gasteiger partial charge in [0.2, 0.25) is 0 Å². The number of nitrogens with one attached hydrogen (secondary N) is 1. The number of hydrogen-bond acceptors (Lipinski definition) is 2. The molecule has 0 atom stereocenters. The predicted octanol–water partition coefficient (Wildman–Crippen LogP) is 4.93. The molecular weight excluding hydrogens is 360 g/mol. The molecule has 0 spiro atoms. The fraction of sp³-hybridized carbons (Fsp3) is 0.167. The molecule has 1 aliphatic rings. The van der Waals surface area contributed by atoms with Crippen LogP contribution >= 0.6 is 0 Å². The van der Waals surface area contributed by atoms with Crippen molar-refractivity contribution in [1.82, 2.24) is 14.1 Å². The minimum absolute atomic E-state index is 0.125. The van der Waals surface area contributed by atoms with Gasteiger partial charge < -0.3 is 14.5 Å². The van der Waals surface area contributed by atoms with E-state index in [2.05, 4.69) is 16.1 Å². The van der Waals surface area contributed by atoms with Gasteiger partial charge in [0.05, 0.1) is 11.4 Å². The number of carbonyl (C=O) groups is 1. The molecule has 0 saturated carbocycles. The van der Waals surface area contributed by atoms with E-state index in [0.29, 0.717) is 5.56 Å². The van der Waals surface area contributed by atoms with Crippen LogP contribution in [0.3, 0.4) is 0 Å². The average molecular weight is 382 g/mol. The summed E-state index contributed by atoms with van der Waals surface area (Å²) in [5.41, 5.74) is 4.30. The van der Waals surface area contributed by atoms with Crippen molar-refractivity contribution in [2.45, 2.75) is 25.8 Å². The lowest BCUT2D eigenvalue weighted by atomic mass is 10.1. The van der Waals surface area contributed by atoms with Crippen LogP contribution in [0.5, 0.6) is 0 Å². The highest BCUT2D eigenvalue weighted by atomic mass is 16.1. The summed E-state index contributed by atoms with van der Waals surface area (Å²) in [4.78, 5) is 17.7. The number of fused-ring (bicyclic) bond motifs is 1. The minimum Gasteiger partial charge on any atom is -0.334 e. The summed E-state index contributed by atoms with van der Waals surface area (Å²) in [5, 5.41) is 3.06. The Labute approximate surface area is 169 Å². The highest BCUT2D eigenvalue weighted by molar-refractivity contribution is 6.06. The van der Waals surface area contributed by atoms with Crippen LogP contribution in [0.2, 0.25) is 0 Å². The smallest absolute Gasteiger partial charge is 0.255 e. The molecule has 4 aromatic rings. The van der Waals surface area contributed by atoms with Gasteiger partial charge in [0.15, 0.2) is 0 Å². The van der Waals surface area contributed by atoms with Crippen LogP contribution in [0.15, 0.2) is 79.3 Å². The third-order valence-electron chi connectivity index (χ3n) is 5.39. The van der Waals surface area contributed by atoms with Gasteiger partial charge in [-0.15, -0.1) is 0 Å². The molecule has 5 nitrogen and oxygen atoms in total. The second kappa shape index (κ2) is 7.43. The van der Waals surface area contributed by atoms with Crippen LogP contribution in [-0.4, -0.2) is 20.0 Å². The van der Waals surface area contributed by atoms with Crippen molar-refractivity contribution < 1.29 is 4.79 Å². The number of benzene rings is 2. The lowest BCUT2D eigenvalue weighted by Gasteiger charge is -2.11. The van der Waals surface area contributed by atoms with Crippen molar-refractivity contribution in [3.63, 3.8) is 0 Å². The fourth-order valence-electron chi connectivity index (χ4n) is 3.84. The Balaban J connectivity index is 1.39. The average Bonchev–Trinajstić information content (AvgIpc) is 3.44. The molecule has 0 fully saturated rings. The van der Waals surface area contributed by atoms with E-state index in [1.165, 1.54) is 12.8 Å². The molecule has 0 saturated heterocycles. The second-order valence-electron chi connectivity index (χ2n) is 7.33. The molecule has 3 heterocycles. The molecule has 2 aromatic heterocycles. The largest absolute Gasteiger partial charge is 0.334 e. The van der Waals surface area contributed by atoms with Crippen LogP contribution in [0, 0.1) is 0 Å². The number of aryl methyl sites for hydroxylation is 2. The first-order valence-corrected chi connectivity index (χ1v) is 9.98. The second-order valence-corrected chi connectivity index (χ2v) is 7.33. The Bertz CT molecular complexity index is 1120. The quantitative estimate of drug-likeness (QED) is 0.544. The molecule has 5 rings (SSSR count). The number of nitrogens with zero attached hydrogens (tertiary/aromatic N) is 3. The number of hydrogen-bond donors (Lipinski definition) is 1. The van der Waals surface area contributed by atoms with Gasteiger partial charge in [0.1, 0.15) is 5.82 Å². The molecule has 144 valence electrons. The van der Waals surface area contributed by atoms with Gasteiger partial charge in [-0.3, -0.25) is 4.79 Å². The Morgan fingerprint density at radius 2 is 1.72 bits per heavy atom. The summed E-state index contributed by atoms with van der Waals surface area (Å²) >= 11 is 0. The number of para-hydroxylation sites is 1. The van der Waals surface area contributed by atoms with Gasteiger partial charge in [-0.25, -0.2) is 4.98 Å². The molecule has 5 heteroatoms. The maximum Gasteiger partial charge on any atom is 0.255 e. The molecule has 0 unspecified atom stereocenters. The van der Waals surface area contributed by atoms with Crippen molar-refractivity contribution in [3.05, 3.63) is 90.6 Å².